The second kappa shape index (κ2) is 4.98. The Morgan fingerprint density at radius 3 is 2.88 bits per heavy atom. The van der Waals surface area contributed by atoms with E-state index in [1.165, 1.54) is 4.88 Å². The van der Waals surface area contributed by atoms with Gasteiger partial charge in [0.05, 0.1) is 5.39 Å². The van der Waals surface area contributed by atoms with Crippen LogP contribution in [0, 0.1) is 12.8 Å². The molecule has 0 saturated heterocycles. The molecular formula is C12H18N4S. The second-order valence-corrected chi connectivity index (χ2v) is 5.68. The van der Waals surface area contributed by atoms with Crippen LogP contribution in [0.2, 0.25) is 0 Å². The molecule has 0 saturated carbocycles. The lowest BCUT2D eigenvalue weighted by atomic mass is 10.0. The number of aryl methyl sites for hydroxylation is 1. The summed E-state index contributed by atoms with van der Waals surface area (Å²) in [5.74, 6) is 1.33. The predicted octanol–water partition coefficient (Wildman–Crippen LogP) is 2.39. The highest BCUT2D eigenvalue weighted by molar-refractivity contribution is 7.18. The third-order valence-electron chi connectivity index (χ3n) is 3.04. The summed E-state index contributed by atoms with van der Waals surface area (Å²) in [6.45, 7) is 7.02. The first-order valence-electron chi connectivity index (χ1n) is 5.79. The van der Waals surface area contributed by atoms with Gasteiger partial charge < -0.3 is 11.1 Å². The first-order valence-corrected chi connectivity index (χ1v) is 6.61. The molecular weight excluding hydrogens is 232 g/mol. The van der Waals surface area contributed by atoms with E-state index in [1.54, 1.807) is 17.7 Å². The van der Waals surface area contributed by atoms with Crippen molar-refractivity contribution in [2.24, 2.45) is 11.7 Å². The van der Waals surface area contributed by atoms with E-state index in [0.717, 1.165) is 16.0 Å². The Hall–Kier alpha value is -1.20. The summed E-state index contributed by atoms with van der Waals surface area (Å²) in [4.78, 5) is 10.9. The zero-order valence-corrected chi connectivity index (χ0v) is 11.2. The number of rotatable bonds is 4. The van der Waals surface area contributed by atoms with Gasteiger partial charge >= 0.3 is 0 Å². The monoisotopic (exact) mass is 250 g/mol. The molecule has 5 heteroatoms. The zero-order chi connectivity index (χ0) is 12.4. The Kier molecular flexibility index (Phi) is 3.59. The van der Waals surface area contributed by atoms with Gasteiger partial charge in [-0.15, -0.1) is 11.3 Å². The minimum absolute atomic E-state index is 0.304. The molecule has 0 spiro atoms. The molecule has 2 rings (SSSR count). The quantitative estimate of drug-likeness (QED) is 0.874. The Labute approximate surface area is 105 Å². The number of aromatic nitrogens is 2. The van der Waals surface area contributed by atoms with E-state index in [1.807, 2.05) is 0 Å². The van der Waals surface area contributed by atoms with Gasteiger partial charge in [-0.1, -0.05) is 6.92 Å². The van der Waals surface area contributed by atoms with E-state index in [4.69, 9.17) is 5.73 Å². The van der Waals surface area contributed by atoms with Gasteiger partial charge in [-0.25, -0.2) is 9.97 Å². The van der Waals surface area contributed by atoms with Crippen molar-refractivity contribution in [2.45, 2.75) is 26.8 Å². The largest absolute Gasteiger partial charge is 0.367 e. The van der Waals surface area contributed by atoms with Crippen molar-refractivity contribution >= 4 is 27.4 Å². The van der Waals surface area contributed by atoms with Crippen molar-refractivity contribution < 1.29 is 0 Å². The summed E-state index contributed by atoms with van der Waals surface area (Å²) >= 11 is 1.69. The lowest BCUT2D eigenvalue weighted by molar-refractivity contribution is 0.520. The molecule has 0 fully saturated rings. The van der Waals surface area contributed by atoms with Crippen LogP contribution in [-0.2, 0) is 0 Å². The molecule has 17 heavy (non-hydrogen) atoms. The van der Waals surface area contributed by atoms with Gasteiger partial charge in [-0.2, -0.15) is 0 Å². The smallest absolute Gasteiger partial charge is 0.138 e. The molecule has 2 aromatic heterocycles. The standard InChI is InChI=1S/C12H18N4S/c1-7(5-13)9(3)16-11-10-4-8(2)17-12(10)15-6-14-11/h4,6-7,9H,5,13H2,1-3H3,(H,14,15,16). The molecule has 2 unspecified atom stereocenters. The molecule has 0 aliphatic carbocycles. The predicted molar refractivity (Wildman–Crippen MR) is 73.5 cm³/mol. The van der Waals surface area contributed by atoms with Gasteiger partial charge in [0.25, 0.3) is 0 Å². The number of nitrogens with zero attached hydrogens (tertiary/aromatic N) is 2. The van der Waals surface area contributed by atoms with Crippen LogP contribution in [0.15, 0.2) is 12.4 Å². The average Bonchev–Trinajstić information content (AvgIpc) is 2.69. The Morgan fingerprint density at radius 2 is 2.18 bits per heavy atom. The molecule has 0 bridgehead atoms. The lowest BCUT2D eigenvalue weighted by Gasteiger charge is -2.20. The van der Waals surface area contributed by atoms with Gasteiger partial charge in [0, 0.05) is 10.9 Å². The molecule has 4 nitrogen and oxygen atoms in total. The molecule has 3 N–H and O–H groups in total. The minimum atomic E-state index is 0.304. The number of nitrogens with one attached hydrogen (secondary N) is 1. The SMILES string of the molecule is Cc1cc2c(NC(C)C(C)CN)ncnc2s1. The molecule has 92 valence electrons. The Morgan fingerprint density at radius 1 is 1.41 bits per heavy atom. The highest BCUT2D eigenvalue weighted by Gasteiger charge is 2.13. The Balaban J connectivity index is 2.29. The molecule has 0 amide bonds. The van der Waals surface area contributed by atoms with Crippen LogP contribution >= 0.6 is 11.3 Å². The third kappa shape index (κ3) is 2.56. The summed E-state index contributed by atoms with van der Waals surface area (Å²) in [6.07, 6.45) is 1.61. The van der Waals surface area contributed by atoms with Crippen LogP contribution < -0.4 is 11.1 Å². The van der Waals surface area contributed by atoms with Crippen LogP contribution in [0.25, 0.3) is 10.2 Å². The first-order chi connectivity index (χ1) is 8.11. The zero-order valence-electron chi connectivity index (χ0n) is 10.4. The number of nitrogens with two attached hydrogens (primary N) is 1. The highest BCUT2D eigenvalue weighted by atomic mass is 32.1. The fourth-order valence-electron chi connectivity index (χ4n) is 1.65. The summed E-state index contributed by atoms with van der Waals surface area (Å²) in [5, 5.41) is 4.53. The summed E-state index contributed by atoms with van der Waals surface area (Å²) in [7, 11) is 0. The summed E-state index contributed by atoms with van der Waals surface area (Å²) < 4.78 is 0. The van der Waals surface area contributed by atoms with Gasteiger partial charge in [0.2, 0.25) is 0 Å². The fraction of sp³-hybridized carbons (Fsp3) is 0.500. The topological polar surface area (TPSA) is 63.8 Å². The van der Waals surface area contributed by atoms with E-state index >= 15 is 0 Å². The Bertz CT molecular complexity index is 508. The van der Waals surface area contributed by atoms with Crippen molar-refractivity contribution in [2.75, 3.05) is 11.9 Å². The van der Waals surface area contributed by atoms with Crippen LogP contribution in [0.3, 0.4) is 0 Å². The summed E-state index contributed by atoms with van der Waals surface area (Å²) in [6, 6.07) is 2.43. The average molecular weight is 250 g/mol. The van der Waals surface area contributed by atoms with E-state index in [-0.39, 0.29) is 0 Å². The van der Waals surface area contributed by atoms with E-state index in [0.29, 0.717) is 18.5 Å². The molecule has 2 atom stereocenters. The van der Waals surface area contributed by atoms with E-state index in [2.05, 4.69) is 42.1 Å². The number of hydrogen-bond donors (Lipinski definition) is 2. The number of thiophene rings is 1. The van der Waals surface area contributed by atoms with Crippen LogP contribution in [0.5, 0.6) is 0 Å². The number of anilines is 1. The number of fused-ring (bicyclic) bond motifs is 1. The second-order valence-electron chi connectivity index (χ2n) is 4.44. The van der Waals surface area contributed by atoms with E-state index in [9.17, 15) is 0 Å². The van der Waals surface area contributed by atoms with Gasteiger partial charge in [0.1, 0.15) is 17.0 Å². The molecule has 2 heterocycles. The van der Waals surface area contributed by atoms with Crippen molar-refractivity contribution in [3.8, 4) is 0 Å². The van der Waals surface area contributed by atoms with Crippen molar-refractivity contribution in [1.29, 1.82) is 0 Å². The van der Waals surface area contributed by atoms with Crippen LogP contribution in [-0.4, -0.2) is 22.6 Å². The maximum absolute atomic E-state index is 5.67. The normalized spacial score (nSPS) is 14.8. The third-order valence-corrected chi connectivity index (χ3v) is 4.00. The maximum Gasteiger partial charge on any atom is 0.138 e. The maximum atomic E-state index is 5.67. The molecule has 0 aliphatic heterocycles. The van der Waals surface area contributed by atoms with Crippen LogP contribution in [0.4, 0.5) is 5.82 Å². The molecule has 0 radical (unpaired) electrons. The highest BCUT2D eigenvalue weighted by Crippen LogP contribution is 2.28. The first kappa shape index (κ1) is 12.3. The van der Waals surface area contributed by atoms with Crippen LogP contribution in [0.1, 0.15) is 18.7 Å². The lowest BCUT2D eigenvalue weighted by Crippen LogP contribution is -2.29. The molecule has 2 aromatic rings. The van der Waals surface area contributed by atoms with Gasteiger partial charge in [0.15, 0.2) is 0 Å². The minimum Gasteiger partial charge on any atom is -0.367 e. The van der Waals surface area contributed by atoms with Crippen molar-refractivity contribution in [3.05, 3.63) is 17.3 Å². The van der Waals surface area contributed by atoms with Crippen molar-refractivity contribution in [1.82, 2.24) is 9.97 Å². The van der Waals surface area contributed by atoms with Gasteiger partial charge in [-0.05, 0) is 32.4 Å². The fourth-order valence-corrected chi connectivity index (χ4v) is 2.50. The number of hydrogen-bond acceptors (Lipinski definition) is 5. The molecule has 0 aliphatic rings. The van der Waals surface area contributed by atoms with E-state index < -0.39 is 0 Å². The molecule has 0 aromatic carbocycles. The van der Waals surface area contributed by atoms with Crippen molar-refractivity contribution in [3.63, 3.8) is 0 Å². The van der Waals surface area contributed by atoms with Gasteiger partial charge in [-0.3, -0.25) is 0 Å². The summed E-state index contributed by atoms with van der Waals surface area (Å²) in [5.41, 5.74) is 5.67.